The molecular weight excluding hydrogens is 332 g/mol. The van der Waals surface area contributed by atoms with Crippen molar-refractivity contribution in [3.05, 3.63) is 36.5 Å². The number of hydrogen-bond donors (Lipinski definition) is 1. The Morgan fingerprint density at radius 2 is 2.08 bits per heavy atom. The van der Waals surface area contributed by atoms with Crippen molar-refractivity contribution < 1.29 is 14.3 Å². The van der Waals surface area contributed by atoms with Gasteiger partial charge in [-0.05, 0) is 19.3 Å². The van der Waals surface area contributed by atoms with Gasteiger partial charge in [-0.15, -0.1) is 0 Å². The zero-order chi connectivity index (χ0) is 18.5. The van der Waals surface area contributed by atoms with Gasteiger partial charge in [0.25, 0.3) is 5.91 Å². The van der Waals surface area contributed by atoms with Crippen LogP contribution in [0, 0.1) is 0 Å². The number of amides is 2. The van der Waals surface area contributed by atoms with Gasteiger partial charge < -0.3 is 15.0 Å². The van der Waals surface area contributed by atoms with Gasteiger partial charge in [0.1, 0.15) is 6.10 Å². The van der Waals surface area contributed by atoms with Crippen LogP contribution in [0.2, 0.25) is 0 Å². The van der Waals surface area contributed by atoms with Crippen LogP contribution in [-0.4, -0.2) is 52.8 Å². The number of carbonyl (C=O) groups excluding carboxylic acids is 2. The second-order valence-electron chi connectivity index (χ2n) is 6.42. The van der Waals surface area contributed by atoms with Gasteiger partial charge in [0.2, 0.25) is 5.91 Å². The number of nitrogens with zero attached hydrogens (tertiary/aromatic N) is 3. The van der Waals surface area contributed by atoms with Crippen molar-refractivity contribution in [3.63, 3.8) is 0 Å². The number of ether oxygens (including phenoxy) is 1. The first-order valence-corrected chi connectivity index (χ1v) is 8.79. The van der Waals surface area contributed by atoms with Gasteiger partial charge in [-0.2, -0.15) is 5.10 Å². The van der Waals surface area contributed by atoms with Gasteiger partial charge in [0, 0.05) is 26.3 Å². The monoisotopic (exact) mass is 356 g/mol. The third-order valence-electron chi connectivity index (χ3n) is 4.61. The Bertz CT molecular complexity index is 772. The lowest BCUT2D eigenvalue weighted by atomic mass is 10.1. The summed E-state index contributed by atoms with van der Waals surface area (Å²) in [6, 6.07) is 9.75. The molecule has 2 heterocycles. The average molecular weight is 356 g/mol. The van der Waals surface area contributed by atoms with Crippen LogP contribution < -0.4 is 5.32 Å². The van der Waals surface area contributed by atoms with E-state index in [2.05, 4.69) is 10.4 Å². The van der Waals surface area contributed by atoms with Crippen LogP contribution in [0.1, 0.15) is 19.3 Å². The molecule has 2 aromatic rings. The van der Waals surface area contributed by atoms with Crippen molar-refractivity contribution in [3.8, 4) is 11.3 Å². The molecule has 7 nitrogen and oxygen atoms in total. The Kier molecular flexibility index (Phi) is 5.68. The van der Waals surface area contributed by atoms with E-state index in [1.54, 1.807) is 15.8 Å². The molecule has 0 aliphatic carbocycles. The first kappa shape index (κ1) is 18.1. The normalized spacial score (nSPS) is 17.8. The first-order valence-electron chi connectivity index (χ1n) is 8.79. The zero-order valence-corrected chi connectivity index (χ0v) is 15.1. The summed E-state index contributed by atoms with van der Waals surface area (Å²) in [6.45, 7) is 0.590. The number of nitrogens with one attached hydrogen (secondary N) is 1. The second kappa shape index (κ2) is 8.14. The molecule has 1 aliphatic rings. The SMILES string of the molecule is COC1CCCCN(CC(=O)Nc2cnn(C)c2-c2ccccc2)C1=O. The highest BCUT2D eigenvalue weighted by Crippen LogP contribution is 2.27. The summed E-state index contributed by atoms with van der Waals surface area (Å²) in [5.74, 6) is -0.352. The number of carbonyl (C=O) groups is 2. The fourth-order valence-corrected chi connectivity index (χ4v) is 3.28. The van der Waals surface area contributed by atoms with Gasteiger partial charge in [-0.1, -0.05) is 30.3 Å². The Balaban J connectivity index is 1.72. The summed E-state index contributed by atoms with van der Waals surface area (Å²) < 4.78 is 6.98. The van der Waals surface area contributed by atoms with Crippen molar-refractivity contribution >= 4 is 17.5 Å². The van der Waals surface area contributed by atoms with Crippen LogP contribution >= 0.6 is 0 Å². The maximum Gasteiger partial charge on any atom is 0.252 e. The molecule has 1 atom stereocenters. The summed E-state index contributed by atoms with van der Waals surface area (Å²) in [5.41, 5.74) is 2.43. The lowest BCUT2D eigenvalue weighted by Crippen LogP contribution is -2.43. The van der Waals surface area contributed by atoms with E-state index in [-0.39, 0.29) is 18.4 Å². The number of aromatic nitrogens is 2. The number of benzene rings is 1. The van der Waals surface area contributed by atoms with Crippen LogP contribution in [0.15, 0.2) is 36.5 Å². The summed E-state index contributed by atoms with van der Waals surface area (Å²) in [4.78, 5) is 26.6. The van der Waals surface area contributed by atoms with Gasteiger partial charge in [0.15, 0.2) is 0 Å². The van der Waals surface area contributed by atoms with Crippen molar-refractivity contribution in [2.24, 2.45) is 7.05 Å². The van der Waals surface area contributed by atoms with Crippen LogP contribution in [-0.2, 0) is 21.4 Å². The molecule has 1 aromatic carbocycles. The Labute approximate surface area is 152 Å². The molecule has 0 spiro atoms. The molecule has 1 aromatic heterocycles. The van der Waals surface area contributed by atoms with Gasteiger partial charge in [-0.25, -0.2) is 0 Å². The van der Waals surface area contributed by atoms with Gasteiger partial charge in [-0.3, -0.25) is 14.3 Å². The van der Waals surface area contributed by atoms with Crippen molar-refractivity contribution in [2.75, 3.05) is 25.5 Å². The number of methoxy groups -OCH3 is 1. The molecule has 1 N–H and O–H groups in total. The van der Waals surface area contributed by atoms with Crippen LogP contribution in [0.4, 0.5) is 5.69 Å². The molecule has 138 valence electrons. The molecule has 1 saturated heterocycles. The number of hydrogen-bond acceptors (Lipinski definition) is 4. The molecular formula is C19H24N4O3. The summed E-state index contributed by atoms with van der Waals surface area (Å²) in [6.07, 6.45) is 3.67. The lowest BCUT2D eigenvalue weighted by Gasteiger charge is -2.23. The number of aryl methyl sites for hydroxylation is 1. The molecule has 1 aliphatic heterocycles. The maximum absolute atomic E-state index is 12.5. The third-order valence-corrected chi connectivity index (χ3v) is 4.61. The van der Waals surface area contributed by atoms with E-state index in [0.717, 1.165) is 24.1 Å². The minimum Gasteiger partial charge on any atom is -0.372 e. The quantitative estimate of drug-likeness (QED) is 0.890. The van der Waals surface area contributed by atoms with Crippen molar-refractivity contribution in [1.82, 2.24) is 14.7 Å². The number of rotatable bonds is 5. The Morgan fingerprint density at radius 3 is 2.81 bits per heavy atom. The summed E-state index contributed by atoms with van der Waals surface area (Å²) in [7, 11) is 3.37. The van der Waals surface area contributed by atoms with E-state index in [1.807, 2.05) is 37.4 Å². The highest BCUT2D eigenvalue weighted by Gasteiger charge is 2.28. The molecule has 0 saturated carbocycles. The van der Waals surface area contributed by atoms with E-state index < -0.39 is 6.10 Å². The fourth-order valence-electron chi connectivity index (χ4n) is 3.28. The third kappa shape index (κ3) is 3.94. The van der Waals surface area contributed by atoms with Crippen molar-refractivity contribution in [1.29, 1.82) is 0 Å². The minimum atomic E-state index is -0.455. The fraction of sp³-hybridized carbons (Fsp3) is 0.421. The second-order valence-corrected chi connectivity index (χ2v) is 6.42. The topological polar surface area (TPSA) is 76.5 Å². The first-order chi connectivity index (χ1) is 12.6. The summed E-state index contributed by atoms with van der Waals surface area (Å²) >= 11 is 0. The van der Waals surface area contributed by atoms with Crippen molar-refractivity contribution in [2.45, 2.75) is 25.4 Å². The molecule has 7 heteroatoms. The molecule has 1 fully saturated rings. The minimum absolute atomic E-state index is 0.0157. The van der Waals surface area contributed by atoms with E-state index in [1.165, 1.54) is 7.11 Å². The average Bonchev–Trinajstić information content (AvgIpc) is 2.91. The van der Waals surface area contributed by atoms with E-state index >= 15 is 0 Å². The van der Waals surface area contributed by atoms with Crippen LogP contribution in [0.25, 0.3) is 11.3 Å². The highest BCUT2D eigenvalue weighted by molar-refractivity contribution is 5.97. The van der Waals surface area contributed by atoms with Crippen LogP contribution in [0.5, 0.6) is 0 Å². The molecule has 0 radical (unpaired) electrons. The zero-order valence-electron chi connectivity index (χ0n) is 15.1. The van der Waals surface area contributed by atoms with E-state index in [0.29, 0.717) is 18.7 Å². The number of likely N-dealkylation sites (tertiary alicyclic amines) is 1. The van der Waals surface area contributed by atoms with Gasteiger partial charge >= 0.3 is 0 Å². The Morgan fingerprint density at radius 1 is 1.31 bits per heavy atom. The Hall–Kier alpha value is -2.67. The summed E-state index contributed by atoms with van der Waals surface area (Å²) in [5, 5.41) is 7.14. The smallest absolute Gasteiger partial charge is 0.252 e. The largest absolute Gasteiger partial charge is 0.372 e. The molecule has 26 heavy (non-hydrogen) atoms. The highest BCUT2D eigenvalue weighted by atomic mass is 16.5. The van der Waals surface area contributed by atoms with E-state index in [4.69, 9.17) is 4.74 Å². The molecule has 2 amide bonds. The van der Waals surface area contributed by atoms with E-state index in [9.17, 15) is 9.59 Å². The molecule has 0 bridgehead atoms. The maximum atomic E-state index is 12.5. The standard InChI is InChI=1S/C19H24N4O3/c1-22-18(14-8-4-3-5-9-14)15(12-20-22)21-17(24)13-23-11-7-6-10-16(26-2)19(23)25/h3-5,8-9,12,16H,6-7,10-11,13H2,1-2H3,(H,21,24). The molecule has 3 rings (SSSR count). The van der Waals surface area contributed by atoms with Gasteiger partial charge in [0.05, 0.1) is 24.1 Å². The van der Waals surface area contributed by atoms with Crippen LogP contribution in [0.3, 0.4) is 0 Å². The predicted molar refractivity (Wildman–Crippen MR) is 98.5 cm³/mol. The lowest BCUT2D eigenvalue weighted by molar-refractivity contribution is -0.143. The number of anilines is 1. The predicted octanol–water partition coefficient (Wildman–Crippen LogP) is 2.05. The molecule has 1 unspecified atom stereocenters.